The predicted octanol–water partition coefficient (Wildman–Crippen LogP) is 1.35. The summed E-state index contributed by atoms with van der Waals surface area (Å²) in [6.45, 7) is 2.48. The Morgan fingerprint density at radius 3 is 3.12 bits per heavy atom. The second kappa shape index (κ2) is 7.16. The van der Waals surface area contributed by atoms with Gasteiger partial charge in [-0.2, -0.15) is 5.10 Å². The van der Waals surface area contributed by atoms with Gasteiger partial charge in [0.05, 0.1) is 6.54 Å². The van der Waals surface area contributed by atoms with E-state index < -0.39 is 0 Å². The average molecular weight is 328 g/mol. The fourth-order valence-corrected chi connectivity index (χ4v) is 2.65. The minimum Gasteiger partial charge on any atom is -0.484 e. The van der Waals surface area contributed by atoms with Crippen LogP contribution in [0.4, 0.5) is 5.69 Å². The molecule has 24 heavy (non-hydrogen) atoms. The van der Waals surface area contributed by atoms with Crippen LogP contribution >= 0.6 is 0 Å². The summed E-state index contributed by atoms with van der Waals surface area (Å²) < 4.78 is 7.32. The molecule has 0 saturated heterocycles. The van der Waals surface area contributed by atoms with Gasteiger partial charge in [0.15, 0.2) is 6.61 Å². The Balaban J connectivity index is 1.48. The topological polar surface area (TPSA) is 85.2 Å². The van der Waals surface area contributed by atoms with E-state index in [1.807, 2.05) is 25.3 Å². The number of benzene rings is 1. The van der Waals surface area contributed by atoms with Crippen molar-refractivity contribution in [3.8, 4) is 5.75 Å². The van der Waals surface area contributed by atoms with Crippen LogP contribution in [0.25, 0.3) is 0 Å². The van der Waals surface area contributed by atoms with E-state index in [0.29, 0.717) is 25.1 Å². The number of aryl methyl sites for hydroxylation is 1. The fraction of sp³-hybridized carbons (Fsp3) is 0.353. The van der Waals surface area contributed by atoms with Gasteiger partial charge < -0.3 is 15.4 Å². The molecule has 2 heterocycles. The maximum absolute atomic E-state index is 12.0. The molecule has 0 saturated carbocycles. The predicted molar refractivity (Wildman–Crippen MR) is 88.7 cm³/mol. The lowest BCUT2D eigenvalue weighted by atomic mass is 10.0. The molecule has 1 atom stereocenters. The first-order chi connectivity index (χ1) is 11.6. The Morgan fingerprint density at radius 2 is 2.33 bits per heavy atom. The summed E-state index contributed by atoms with van der Waals surface area (Å²) in [7, 11) is 0. The van der Waals surface area contributed by atoms with Crippen LogP contribution in [0.5, 0.6) is 5.75 Å². The van der Waals surface area contributed by atoms with E-state index in [-0.39, 0.29) is 24.5 Å². The Morgan fingerprint density at radius 1 is 1.46 bits per heavy atom. The van der Waals surface area contributed by atoms with E-state index in [4.69, 9.17) is 4.74 Å². The molecule has 2 N–H and O–H groups in total. The summed E-state index contributed by atoms with van der Waals surface area (Å²) in [6, 6.07) is 7.23. The zero-order chi connectivity index (χ0) is 16.9. The van der Waals surface area contributed by atoms with Crippen LogP contribution in [0.15, 0.2) is 36.7 Å². The summed E-state index contributed by atoms with van der Waals surface area (Å²) in [5, 5.41) is 9.80. The average Bonchev–Trinajstić information content (AvgIpc) is 3.05. The molecule has 0 radical (unpaired) electrons. The number of nitrogens with one attached hydrogen (secondary N) is 2. The second-order valence-corrected chi connectivity index (χ2v) is 5.85. The number of fused-ring (bicyclic) bond motifs is 1. The molecule has 0 aliphatic carbocycles. The van der Waals surface area contributed by atoms with Crippen LogP contribution in [0.3, 0.4) is 0 Å². The molecule has 0 fully saturated rings. The number of hydrogen-bond acceptors (Lipinski definition) is 4. The minimum atomic E-state index is -0.180. The highest BCUT2D eigenvalue weighted by atomic mass is 16.5. The molecule has 1 aromatic heterocycles. The van der Waals surface area contributed by atoms with Gasteiger partial charge in [-0.1, -0.05) is 0 Å². The lowest BCUT2D eigenvalue weighted by Gasteiger charge is -2.18. The molecule has 2 amide bonds. The van der Waals surface area contributed by atoms with Crippen LogP contribution in [-0.2, 0) is 22.6 Å². The number of anilines is 1. The van der Waals surface area contributed by atoms with E-state index in [1.54, 1.807) is 23.0 Å². The van der Waals surface area contributed by atoms with Gasteiger partial charge in [-0.3, -0.25) is 14.3 Å². The third-order valence-corrected chi connectivity index (χ3v) is 3.77. The van der Waals surface area contributed by atoms with Crippen molar-refractivity contribution in [1.82, 2.24) is 15.1 Å². The summed E-state index contributed by atoms with van der Waals surface area (Å²) in [5.74, 6) is 0.474. The molecule has 126 valence electrons. The largest absolute Gasteiger partial charge is 0.484 e. The standard InChI is InChI=1S/C17H20N4O3/c1-12(10-21-8-2-7-18-21)19-17(23)11-24-14-4-5-15-13(9-14)3-6-16(22)20-15/h2,4-5,7-9,12H,3,6,10-11H2,1H3,(H,19,23)(H,20,22). The van der Waals surface area contributed by atoms with E-state index in [2.05, 4.69) is 15.7 Å². The number of amides is 2. The van der Waals surface area contributed by atoms with Gasteiger partial charge >= 0.3 is 0 Å². The van der Waals surface area contributed by atoms with Crippen molar-refractivity contribution in [2.45, 2.75) is 32.4 Å². The molecule has 1 unspecified atom stereocenters. The minimum absolute atomic E-state index is 0.0294. The van der Waals surface area contributed by atoms with Crippen LogP contribution in [0, 0.1) is 0 Å². The van der Waals surface area contributed by atoms with Crippen molar-refractivity contribution < 1.29 is 14.3 Å². The van der Waals surface area contributed by atoms with E-state index in [0.717, 1.165) is 11.3 Å². The zero-order valence-corrected chi connectivity index (χ0v) is 13.5. The third kappa shape index (κ3) is 4.13. The van der Waals surface area contributed by atoms with Gasteiger partial charge in [0.2, 0.25) is 5.91 Å². The first kappa shape index (κ1) is 16.0. The van der Waals surface area contributed by atoms with Gasteiger partial charge in [0.1, 0.15) is 5.75 Å². The lowest BCUT2D eigenvalue weighted by Crippen LogP contribution is -2.38. The SMILES string of the molecule is CC(Cn1cccn1)NC(=O)COc1ccc2c(c1)CCC(=O)N2. The van der Waals surface area contributed by atoms with Crippen molar-refractivity contribution in [2.75, 3.05) is 11.9 Å². The monoisotopic (exact) mass is 328 g/mol. The van der Waals surface area contributed by atoms with Gasteiger partial charge in [-0.25, -0.2) is 0 Å². The van der Waals surface area contributed by atoms with Gasteiger partial charge in [0, 0.05) is 30.5 Å². The maximum atomic E-state index is 12.0. The highest BCUT2D eigenvalue weighted by Crippen LogP contribution is 2.26. The molecule has 7 heteroatoms. The summed E-state index contributed by atoms with van der Waals surface area (Å²) >= 11 is 0. The fourth-order valence-electron chi connectivity index (χ4n) is 2.65. The van der Waals surface area contributed by atoms with Crippen molar-refractivity contribution in [1.29, 1.82) is 0 Å². The Hall–Kier alpha value is -2.83. The molecule has 0 spiro atoms. The van der Waals surface area contributed by atoms with Crippen molar-refractivity contribution >= 4 is 17.5 Å². The molecule has 3 rings (SSSR count). The molecule has 0 bridgehead atoms. The van der Waals surface area contributed by atoms with Crippen molar-refractivity contribution in [3.05, 3.63) is 42.2 Å². The van der Waals surface area contributed by atoms with Gasteiger partial charge in [-0.15, -0.1) is 0 Å². The number of aromatic nitrogens is 2. The zero-order valence-electron chi connectivity index (χ0n) is 13.5. The lowest BCUT2D eigenvalue weighted by molar-refractivity contribution is -0.123. The Bertz CT molecular complexity index is 727. The summed E-state index contributed by atoms with van der Waals surface area (Å²) in [5.41, 5.74) is 1.84. The number of ether oxygens (including phenoxy) is 1. The highest BCUT2D eigenvalue weighted by Gasteiger charge is 2.15. The quantitative estimate of drug-likeness (QED) is 0.838. The number of carbonyl (C=O) groups is 2. The number of rotatable bonds is 6. The second-order valence-electron chi connectivity index (χ2n) is 5.85. The van der Waals surface area contributed by atoms with Crippen LogP contribution in [0.1, 0.15) is 18.9 Å². The van der Waals surface area contributed by atoms with Crippen LogP contribution in [0.2, 0.25) is 0 Å². The van der Waals surface area contributed by atoms with E-state index in [9.17, 15) is 9.59 Å². The first-order valence-corrected chi connectivity index (χ1v) is 7.92. The maximum Gasteiger partial charge on any atom is 0.258 e. The van der Waals surface area contributed by atoms with Crippen molar-refractivity contribution in [3.63, 3.8) is 0 Å². The number of carbonyl (C=O) groups excluding carboxylic acids is 2. The molecular weight excluding hydrogens is 308 g/mol. The highest BCUT2D eigenvalue weighted by molar-refractivity contribution is 5.94. The normalized spacial score (nSPS) is 14.5. The molecule has 1 aliphatic rings. The smallest absolute Gasteiger partial charge is 0.258 e. The Kier molecular flexibility index (Phi) is 4.79. The Labute approximate surface area is 140 Å². The molecule has 1 aliphatic heterocycles. The van der Waals surface area contributed by atoms with Gasteiger partial charge in [-0.05, 0) is 43.2 Å². The molecule has 7 nitrogen and oxygen atoms in total. The molecule has 2 aromatic rings. The summed E-state index contributed by atoms with van der Waals surface area (Å²) in [4.78, 5) is 23.3. The molecular formula is C17H20N4O3. The number of nitrogens with zero attached hydrogens (tertiary/aromatic N) is 2. The van der Waals surface area contributed by atoms with Gasteiger partial charge in [0.25, 0.3) is 5.91 Å². The van der Waals surface area contributed by atoms with Crippen LogP contribution < -0.4 is 15.4 Å². The number of hydrogen-bond donors (Lipinski definition) is 2. The first-order valence-electron chi connectivity index (χ1n) is 7.92. The van der Waals surface area contributed by atoms with E-state index >= 15 is 0 Å². The van der Waals surface area contributed by atoms with Crippen LogP contribution in [-0.4, -0.2) is 34.2 Å². The summed E-state index contributed by atoms with van der Waals surface area (Å²) in [6.07, 6.45) is 4.72. The third-order valence-electron chi connectivity index (χ3n) is 3.77. The van der Waals surface area contributed by atoms with E-state index in [1.165, 1.54) is 0 Å². The molecule has 1 aromatic carbocycles. The van der Waals surface area contributed by atoms with Crippen molar-refractivity contribution in [2.24, 2.45) is 0 Å².